The molecule has 4 heteroatoms. The lowest BCUT2D eigenvalue weighted by molar-refractivity contribution is 0.575. The summed E-state index contributed by atoms with van der Waals surface area (Å²) in [6, 6.07) is 11.1. The van der Waals surface area contributed by atoms with Crippen molar-refractivity contribution >= 4 is 11.6 Å². The highest BCUT2D eigenvalue weighted by atomic mass is 35.5. The van der Waals surface area contributed by atoms with Crippen LogP contribution in [-0.4, -0.2) is 6.54 Å². The lowest BCUT2D eigenvalue weighted by Gasteiger charge is -2.16. The zero-order chi connectivity index (χ0) is 13.8. The minimum Gasteiger partial charge on any atom is -0.330 e. The maximum Gasteiger partial charge on any atom is 0.141 e. The summed E-state index contributed by atoms with van der Waals surface area (Å²) in [4.78, 5) is 0. The van der Waals surface area contributed by atoms with Crippen LogP contribution in [0.25, 0.3) is 0 Å². The van der Waals surface area contributed by atoms with Crippen molar-refractivity contribution in [1.82, 2.24) is 0 Å². The Bertz CT molecular complexity index is 572. The third-order valence-corrected chi connectivity index (χ3v) is 3.39. The second kappa shape index (κ2) is 6.13. The number of hydrogen-bond donors (Lipinski definition) is 1. The molecule has 2 rings (SSSR count). The van der Waals surface area contributed by atoms with Gasteiger partial charge < -0.3 is 5.73 Å². The first kappa shape index (κ1) is 14.0. The van der Waals surface area contributed by atoms with Crippen LogP contribution in [0.15, 0.2) is 42.5 Å². The van der Waals surface area contributed by atoms with Gasteiger partial charge in [0.25, 0.3) is 0 Å². The van der Waals surface area contributed by atoms with Crippen molar-refractivity contribution in [2.24, 2.45) is 5.73 Å². The molecular formula is C15H14ClF2N. The number of rotatable bonds is 4. The van der Waals surface area contributed by atoms with E-state index in [9.17, 15) is 8.78 Å². The summed E-state index contributed by atoms with van der Waals surface area (Å²) in [5.74, 6) is -0.880. The maximum absolute atomic E-state index is 13.7. The average molecular weight is 282 g/mol. The quantitative estimate of drug-likeness (QED) is 0.904. The Labute approximate surface area is 116 Å². The second-order valence-corrected chi connectivity index (χ2v) is 4.81. The summed E-state index contributed by atoms with van der Waals surface area (Å²) in [6.07, 6.45) is 0.525. The molecule has 0 aliphatic rings. The Morgan fingerprint density at radius 2 is 1.79 bits per heavy atom. The van der Waals surface area contributed by atoms with Crippen LogP contribution in [0.2, 0.25) is 5.02 Å². The largest absolute Gasteiger partial charge is 0.330 e. The first-order valence-corrected chi connectivity index (χ1v) is 6.38. The van der Waals surface area contributed by atoms with Crippen LogP contribution in [0.1, 0.15) is 17.0 Å². The molecule has 0 bridgehead atoms. The molecule has 2 N–H and O–H groups in total. The zero-order valence-corrected chi connectivity index (χ0v) is 11.0. The highest BCUT2D eigenvalue weighted by Gasteiger charge is 2.15. The predicted octanol–water partition coefficient (Wildman–Crippen LogP) is 3.90. The monoisotopic (exact) mass is 281 g/mol. The van der Waals surface area contributed by atoms with Crippen molar-refractivity contribution in [3.8, 4) is 0 Å². The van der Waals surface area contributed by atoms with Crippen LogP contribution in [0.4, 0.5) is 8.78 Å². The van der Waals surface area contributed by atoms with Crippen LogP contribution in [0, 0.1) is 11.6 Å². The van der Waals surface area contributed by atoms with E-state index in [1.807, 2.05) is 0 Å². The van der Waals surface area contributed by atoms with Crippen molar-refractivity contribution < 1.29 is 8.78 Å². The van der Waals surface area contributed by atoms with Gasteiger partial charge in [-0.15, -0.1) is 0 Å². The van der Waals surface area contributed by atoms with Crippen molar-refractivity contribution in [1.29, 1.82) is 0 Å². The predicted molar refractivity (Wildman–Crippen MR) is 73.3 cm³/mol. The normalized spacial score (nSPS) is 12.4. The third kappa shape index (κ3) is 3.31. The summed E-state index contributed by atoms with van der Waals surface area (Å²) in [5.41, 5.74) is 7.13. The Balaban J connectivity index is 2.24. The van der Waals surface area contributed by atoms with Crippen LogP contribution in [0.5, 0.6) is 0 Å². The summed E-state index contributed by atoms with van der Waals surface area (Å²) in [7, 11) is 0. The summed E-state index contributed by atoms with van der Waals surface area (Å²) in [5, 5.41) is 0.0711. The fourth-order valence-electron chi connectivity index (χ4n) is 2.08. The molecule has 0 heterocycles. The van der Waals surface area contributed by atoms with Crippen molar-refractivity contribution in [3.05, 3.63) is 70.2 Å². The SMILES string of the molecule is NCC(Cc1ccc(F)c(Cl)c1)c1ccccc1F. The van der Waals surface area contributed by atoms with Gasteiger partial charge in [0, 0.05) is 5.92 Å². The average Bonchev–Trinajstić information content (AvgIpc) is 2.41. The van der Waals surface area contributed by atoms with Crippen molar-refractivity contribution in [2.75, 3.05) is 6.54 Å². The summed E-state index contributed by atoms with van der Waals surface area (Å²) in [6.45, 7) is 0.315. The van der Waals surface area contributed by atoms with E-state index < -0.39 is 5.82 Å². The molecule has 0 fully saturated rings. The second-order valence-electron chi connectivity index (χ2n) is 4.41. The van der Waals surface area contributed by atoms with Crippen LogP contribution < -0.4 is 5.73 Å². The van der Waals surface area contributed by atoms with Gasteiger partial charge in [-0.25, -0.2) is 8.78 Å². The zero-order valence-electron chi connectivity index (χ0n) is 10.2. The molecule has 2 aromatic carbocycles. The first-order chi connectivity index (χ1) is 9.11. The van der Waals surface area contributed by atoms with E-state index in [4.69, 9.17) is 17.3 Å². The summed E-state index contributed by atoms with van der Waals surface area (Å²) < 4.78 is 26.8. The Morgan fingerprint density at radius 3 is 2.42 bits per heavy atom. The lowest BCUT2D eigenvalue weighted by Crippen LogP contribution is -2.16. The number of benzene rings is 2. The topological polar surface area (TPSA) is 26.0 Å². The minimum atomic E-state index is -0.458. The van der Waals surface area contributed by atoms with E-state index in [0.717, 1.165) is 5.56 Å². The van der Waals surface area contributed by atoms with Crippen LogP contribution in [0.3, 0.4) is 0 Å². The molecule has 100 valence electrons. The van der Waals surface area contributed by atoms with E-state index in [2.05, 4.69) is 0 Å². The van der Waals surface area contributed by atoms with Gasteiger partial charge in [-0.1, -0.05) is 35.9 Å². The molecular weight excluding hydrogens is 268 g/mol. The van der Waals surface area contributed by atoms with E-state index >= 15 is 0 Å². The molecule has 0 aliphatic carbocycles. The van der Waals surface area contributed by atoms with Gasteiger partial charge in [0.05, 0.1) is 5.02 Å². The fourth-order valence-corrected chi connectivity index (χ4v) is 2.28. The number of halogens is 3. The van der Waals surface area contributed by atoms with E-state index in [0.29, 0.717) is 18.5 Å². The molecule has 0 radical (unpaired) electrons. The first-order valence-electron chi connectivity index (χ1n) is 6.00. The van der Waals surface area contributed by atoms with Crippen LogP contribution >= 0.6 is 11.6 Å². The molecule has 0 saturated carbocycles. The van der Waals surface area contributed by atoms with Gasteiger partial charge in [-0.05, 0) is 42.3 Å². The highest BCUT2D eigenvalue weighted by molar-refractivity contribution is 6.30. The molecule has 1 atom stereocenters. The molecule has 0 aliphatic heterocycles. The molecule has 2 aromatic rings. The van der Waals surface area contributed by atoms with E-state index in [1.165, 1.54) is 12.1 Å². The van der Waals surface area contributed by atoms with Gasteiger partial charge >= 0.3 is 0 Å². The molecule has 19 heavy (non-hydrogen) atoms. The van der Waals surface area contributed by atoms with Gasteiger partial charge in [-0.2, -0.15) is 0 Å². The highest BCUT2D eigenvalue weighted by Crippen LogP contribution is 2.24. The number of hydrogen-bond acceptors (Lipinski definition) is 1. The number of nitrogens with two attached hydrogens (primary N) is 1. The standard InChI is InChI=1S/C15H14ClF2N/c16-13-8-10(5-6-15(13)18)7-11(9-19)12-3-1-2-4-14(12)17/h1-6,8,11H,7,9,19H2. The third-order valence-electron chi connectivity index (χ3n) is 3.10. The van der Waals surface area contributed by atoms with E-state index in [-0.39, 0.29) is 16.8 Å². The lowest BCUT2D eigenvalue weighted by atomic mass is 9.91. The van der Waals surface area contributed by atoms with Gasteiger partial charge in [-0.3, -0.25) is 0 Å². The Morgan fingerprint density at radius 1 is 1.05 bits per heavy atom. The smallest absolute Gasteiger partial charge is 0.141 e. The maximum atomic E-state index is 13.7. The van der Waals surface area contributed by atoms with Crippen molar-refractivity contribution in [2.45, 2.75) is 12.3 Å². The Hall–Kier alpha value is -1.45. The Kier molecular flexibility index (Phi) is 4.51. The fraction of sp³-hybridized carbons (Fsp3) is 0.200. The molecule has 0 saturated heterocycles. The molecule has 1 nitrogen and oxygen atoms in total. The van der Waals surface area contributed by atoms with E-state index in [1.54, 1.807) is 30.3 Å². The van der Waals surface area contributed by atoms with Gasteiger partial charge in [0.2, 0.25) is 0 Å². The molecule has 0 amide bonds. The minimum absolute atomic E-state index is 0.0711. The molecule has 0 spiro atoms. The van der Waals surface area contributed by atoms with Crippen LogP contribution in [-0.2, 0) is 6.42 Å². The van der Waals surface area contributed by atoms with Gasteiger partial charge in [0.1, 0.15) is 11.6 Å². The molecule has 0 aromatic heterocycles. The van der Waals surface area contributed by atoms with Crippen molar-refractivity contribution in [3.63, 3.8) is 0 Å². The van der Waals surface area contributed by atoms with Gasteiger partial charge in [0.15, 0.2) is 0 Å². The summed E-state index contributed by atoms with van der Waals surface area (Å²) >= 11 is 5.74. The molecule has 1 unspecified atom stereocenters.